The first-order valence-corrected chi connectivity index (χ1v) is 6.75. The van der Waals surface area contributed by atoms with E-state index in [2.05, 4.69) is 10.4 Å². The Morgan fingerprint density at radius 1 is 1.60 bits per heavy atom. The Morgan fingerprint density at radius 3 is 2.85 bits per heavy atom. The topological polar surface area (TPSA) is 87.5 Å². The van der Waals surface area contributed by atoms with Gasteiger partial charge in [-0.15, -0.1) is 0 Å². The monoisotopic (exact) mass is 300 g/mol. The zero-order valence-electron chi connectivity index (χ0n) is 11.4. The van der Waals surface area contributed by atoms with Crippen LogP contribution in [-0.2, 0) is 29.6 Å². The van der Waals surface area contributed by atoms with Crippen LogP contribution in [0, 0.1) is 0 Å². The molecule has 0 aromatic carbocycles. The summed E-state index contributed by atoms with van der Waals surface area (Å²) < 4.78 is 1.65. The van der Waals surface area contributed by atoms with Gasteiger partial charge in [0, 0.05) is 20.1 Å². The number of amides is 1. The molecule has 0 aliphatic carbocycles. The minimum atomic E-state index is -0.959. The molecule has 0 bridgehead atoms. The molecule has 0 radical (unpaired) electrons. The molecule has 1 aliphatic heterocycles. The number of nitrogens with one attached hydrogen (secondary N) is 1. The maximum atomic E-state index is 11.5. The Hall–Kier alpha value is -1.60. The van der Waals surface area contributed by atoms with Crippen LogP contribution in [0.25, 0.3) is 0 Å². The Balaban J connectivity index is 2.24. The number of aryl methyl sites for hydroxylation is 2. The van der Waals surface area contributed by atoms with E-state index in [-0.39, 0.29) is 25.5 Å². The van der Waals surface area contributed by atoms with Crippen LogP contribution >= 0.6 is 11.6 Å². The molecule has 7 nitrogen and oxygen atoms in total. The van der Waals surface area contributed by atoms with Gasteiger partial charge in [-0.3, -0.25) is 19.2 Å². The number of hydrogen-bond donors (Lipinski definition) is 2. The molecule has 2 N–H and O–H groups in total. The van der Waals surface area contributed by atoms with Crippen molar-refractivity contribution in [1.29, 1.82) is 0 Å². The summed E-state index contributed by atoms with van der Waals surface area (Å²) in [5.41, 5.74) is 1.50. The van der Waals surface area contributed by atoms with E-state index in [0.29, 0.717) is 11.4 Å². The Morgan fingerprint density at radius 2 is 2.30 bits per heavy atom. The van der Waals surface area contributed by atoms with E-state index in [9.17, 15) is 14.7 Å². The van der Waals surface area contributed by atoms with Crippen molar-refractivity contribution in [2.24, 2.45) is 7.05 Å². The lowest BCUT2D eigenvalue weighted by molar-refractivity contribution is -0.146. The molecule has 1 fully saturated rings. The lowest BCUT2D eigenvalue weighted by atomic mass is 10.1. The van der Waals surface area contributed by atoms with Crippen LogP contribution in [-0.4, -0.2) is 50.8 Å². The van der Waals surface area contributed by atoms with Crippen molar-refractivity contribution in [1.82, 2.24) is 20.0 Å². The molecule has 1 amide bonds. The first-order chi connectivity index (χ1) is 9.43. The summed E-state index contributed by atoms with van der Waals surface area (Å²) >= 11 is 6.25. The van der Waals surface area contributed by atoms with Crippen LogP contribution in [0.4, 0.5) is 0 Å². The molecule has 2 rings (SSSR count). The van der Waals surface area contributed by atoms with Crippen molar-refractivity contribution in [3.8, 4) is 0 Å². The number of nitrogens with zero attached hydrogens (tertiary/aromatic N) is 3. The minimum Gasteiger partial charge on any atom is -0.480 e. The standard InChI is InChI=1S/C12H17ClN4O3/c1-3-7-11(13)9(16(2)15-7)5-17-6-10(18)14-4-8(17)12(19)20/h8H,3-6H2,1-2H3,(H,14,18)(H,19,20). The average Bonchev–Trinajstić information content (AvgIpc) is 2.66. The SMILES string of the molecule is CCc1nn(C)c(CN2CC(=O)NCC2C(=O)O)c1Cl. The van der Waals surface area contributed by atoms with E-state index in [0.717, 1.165) is 11.4 Å². The zero-order chi connectivity index (χ0) is 14.9. The summed E-state index contributed by atoms with van der Waals surface area (Å²) in [5, 5.41) is 16.6. The van der Waals surface area contributed by atoms with Crippen LogP contribution in [0.5, 0.6) is 0 Å². The molecule has 1 unspecified atom stereocenters. The summed E-state index contributed by atoms with van der Waals surface area (Å²) in [6.45, 7) is 2.38. The van der Waals surface area contributed by atoms with Gasteiger partial charge in [0.05, 0.1) is 23.0 Å². The molecule has 1 aliphatic rings. The van der Waals surface area contributed by atoms with Crippen LogP contribution < -0.4 is 5.32 Å². The molecule has 20 heavy (non-hydrogen) atoms. The van der Waals surface area contributed by atoms with Crippen molar-refractivity contribution in [3.05, 3.63) is 16.4 Å². The largest absolute Gasteiger partial charge is 0.480 e. The predicted octanol–water partition coefficient (Wildman–Crippen LogP) is 0.0209. The first kappa shape index (κ1) is 14.8. The van der Waals surface area contributed by atoms with Gasteiger partial charge in [0.15, 0.2) is 0 Å². The smallest absolute Gasteiger partial charge is 0.322 e. The predicted molar refractivity (Wildman–Crippen MR) is 72.4 cm³/mol. The number of carboxylic acids is 1. The number of hydrogen-bond acceptors (Lipinski definition) is 4. The Kier molecular flexibility index (Phi) is 4.29. The molecule has 8 heteroatoms. The fourth-order valence-electron chi connectivity index (χ4n) is 2.28. The molecular formula is C12H17ClN4O3. The number of piperazine rings is 1. The lowest BCUT2D eigenvalue weighted by Gasteiger charge is -2.32. The Labute approximate surface area is 121 Å². The van der Waals surface area contributed by atoms with Gasteiger partial charge in [-0.2, -0.15) is 5.10 Å². The van der Waals surface area contributed by atoms with E-state index in [4.69, 9.17) is 11.6 Å². The van der Waals surface area contributed by atoms with Gasteiger partial charge in [0.25, 0.3) is 0 Å². The number of carboxylic acid groups (broad SMARTS) is 1. The van der Waals surface area contributed by atoms with Crippen molar-refractivity contribution in [2.45, 2.75) is 25.9 Å². The molecule has 1 aromatic heterocycles. The molecule has 1 saturated heterocycles. The second kappa shape index (κ2) is 5.80. The fraction of sp³-hybridized carbons (Fsp3) is 0.583. The van der Waals surface area contributed by atoms with Crippen LogP contribution in [0.1, 0.15) is 18.3 Å². The number of halogens is 1. The lowest BCUT2D eigenvalue weighted by Crippen LogP contribution is -2.57. The summed E-state index contributed by atoms with van der Waals surface area (Å²) in [6.07, 6.45) is 0.704. The van der Waals surface area contributed by atoms with Crippen molar-refractivity contribution >= 4 is 23.5 Å². The second-order valence-electron chi connectivity index (χ2n) is 4.75. The highest BCUT2D eigenvalue weighted by atomic mass is 35.5. The first-order valence-electron chi connectivity index (χ1n) is 6.37. The molecule has 1 aromatic rings. The van der Waals surface area contributed by atoms with Gasteiger partial charge in [-0.05, 0) is 6.42 Å². The normalized spacial score (nSPS) is 19.9. The maximum absolute atomic E-state index is 11.5. The number of carbonyl (C=O) groups excluding carboxylic acids is 1. The molecule has 1 atom stereocenters. The van der Waals surface area contributed by atoms with Gasteiger partial charge < -0.3 is 10.4 Å². The third-order valence-corrected chi connectivity index (χ3v) is 3.86. The van der Waals surface area contributed by atoms with Crippen molar-refractivity contribution < 1.29 is 14.7 Å². The quantitative estimate of drug-likeness (QED) is 0.818. The molecule has 0 saturated carbocycles. The van der Waals surface area contributed by atoms with E-state index < -0.39 is 12.0 Å². The summed E-state index contributed by atoms with van der Waals surface area (Å²) in [6, 6.07) is -0.747. The van der Waals surface area contributed by atoms with E-state index in [1.54, 1.807) is 16.6 Å². The summed E-state index contributed by atoms with van der Waals surface area (Å²) in [4.78, 5) is 24.3. The molecule has 110 valence electrons. The van der Waals surface area contributed by atoms with Crippen molar-refractivity contribution in [2.75, 3.05) is 13.1 Å². The third kappa shape index (κ3) is 2.78. The summed E-state index contributed by atoms with van der Waals surface area (Å²) in [7, 11) is 1.76. The van der Waals surface area contributed by atoms with Gasteiger partial charge in [0.1, 0.15) is 6.04 Å². The Bertz CT molecular complexity index is 543. The minimum absolute atomic E-state index is 0.0416. The van der Waals surface area contributed by atoms with E-state index >= 15 is 0 Å². The second-order valence-corrected chi connectivity index (χ2v) is 5.13. The van der Waals surface area contributed by atoms with E-state index in [1.165, 1.54) is 0 Å². The van der Waals surface area contributed by atoms with Crippen LogP contribution in [0.3, 0.4) is 0 Å². The molecule has 0 spiro atoms. The van der Waals surface area contributed by atoms with E-state index in [1.807, 2.05) is 6.92 Å². The number of aliphatic carboxylic acids is 1. The number of rotatable bonds is 4. The molecule has 2 heterocycles. The zero-order valence-corrected chi connectivity index (χ0v) is 12.1. The van der Waals surface area contributed by atoms with Gasteiger partial charge >= 0.3 is 5.97 Å². The van der Waals surface area contributed by atoms with Gasteiger partial charge in [-0.25, -0.2) is 0 Å². The highest BCUT2D eigenvalue weighted by Crippen LogP contribution is 2.23. The number of carbonyl (C=O) groups is 2. The van der Waals surface area contributed by atoms with Gasteiger partial charge in [-0.1, -0.05) is 18.5 Å². The number of aromatic nitrogens is 2. The van der Waals surface area contributed by atoms with Crippen LogP contribution in [0.15, 0.2) is 0 Å². The maximum Gasteiger partial charge on any atom is 0.322 e. The third-order valence-electron chi connectivity index (χ3n) is 3.42. The molecular weight excluding hydrogens is 284 g/mol. The van der Waals surface area contributed by atoms with Crippen LogP contribution in [0.2, 0.25) is 5.02 Å². The van der Waals surface area contributed by atoms with Gasteiger partial charge in [0.2, 0.25) is 5.91 Å². The summed E-state index contributed by atoms with van der Waals surface area (Å²) in [5.74, 6) is -1.14. The highest BCUT2D eigenvalue weighted by molar-refractivity contribution is 6.31. The average molecular weight is 301 g/mol. The van der Waals surface area contributed by atoms with Crippen molar-refractivity contribution in [3.63, 3.8) is 0 Å². The highest BCUT2D eigenvalue weighted by Gasteiger charge is 2.33. The fourth-order valence-corrected chi connectivity index (χ4v) is 2.64.